The molecular formula is C23H25NS. The van der Waals surface area contributed by atoms with Crippen molar-refractivity contribution >= 4 is 12.6 Å². The van der Waals surface area contributed by atoms with Crippen LogP contribution in [0, 0.1) is 0 Å². The molecule has 0 atom stereocenters. The molecule has 0 bridgehead atoms. The van der Waals surface area contributed by atoms with Crippen LogP contribution in [0.25, 0.3) is 0 Å². The highest BCUT2D eigenvalue weighted by Crippen LogP contribution is 2.41. The summed E-state index contributed by atoms with van der Waals surface area (Å²) in [5, 5.41) is 3.52. The largest absolute Gasteiger partial charge is 0.316 e. The quantitative estimate of drug-likeness (QED) is 0.334. The van der Waals surface area contributed by atoms with Gasteiger partial charge in [0.2, 0.25) is 0 Å². The molecule has 1 nitrogen and oxygen atoms in total. The molecule has 0 aliphatic rings. The zero-order chi connectivity index (χ0) is 17.4. The molecule has 0 heterocycles. The minimum absolute atomic E-state index is 0.159. The van der Waals surface area contributed by atoms with Crippen LogP contribution in [0.4, 0.5) is 0 Å². The standard InChI is InChI=1S/C23H25NS/c25-19-18-24-17-16-23(20-10-4-1-5-11-20,21-12-6-2-7-13-21)22-14-8-3-9-15-22/h1-15,24-25H,16-19H2. The highest BCUT2D eigenvalue weighted by atomic mass is 32.1. The Morgan fingerprint density at radius 3 is 1.36 bits per heavy atom. The van der Waals surface area contributed by atoms with E-state index in [1.807, 2.05) is 0 Å². The van der Waals surface area contributed by atoms with E-state index < -0.39 is 0 Å². The minimum atomic E-state index is -0.159. The van der Waals surface area contributed by atoms with Crippen molar-refractivity contribution in [2.24, 2.45) is 0 Å². The number of hydrogen-bond donors (Lipinski definition) is 2. The lowest BCUT2D eigenvalue weighted by Crippen LogP contribution is -2.34. The van der Waals surface area contributed by atoms with Gasteiger partial charge in [0.25, 0.3) is 0 Å². The molecule has 0 aliphatic carbocycles. The molecule has 2 heteroatoms. The zero-order valence-electron chi connectivity index (χ0n) is 14.4. The topological polar surface area (TPSA) is 12.0 Å². The Balaban J connectivity index is 2.13. The average Bonchev–Trinajstić information content (AvgIpc) is 2.70. The Morgan fingerprint density at radius 2 is 1.00 bits per heavy atom. The van der Waals surface area contributed by atoms with Gasteiger partial charge < -0.3 is 5.32 Å². The molecular weight excluding hydrogens is 322 g/mol. The zero-order valence-corrected chi connectivity index (χ0v) is 15.3. The molecule has 0 unspecified atom stereocenters. The van der Waals surface area contributed by atoms with Crippen LogP contribution in [-0.4, -0.2) is 18.8 Å². The Bertz CT molecular complexity index is 644. The first kappa shape index (κ1) is 17.8. The predicted molar refractivity (Wildman–Crippen MR) is 111 cm³/mol. The van der Waals surface area contributed by atoms with Crippen LogP contribution in [0.1, 0.15) is 23.1 Å². The molecule has 1 N–H and O–H groups in total. The van der Waals surface area contributed by atoms with Crippen molar-refractivity contribution in [3.05, 3.63) is 108 Å². The van der Waals surface area contributed by atoms with Crippen LogP contribution in [0.15, 0.2) is 91.0 Å². The van der Waals surface area contributed by atoms with Crippen molar-refractivity contribution in [1.82, 2.24) is 5.32 Å². The van der Waals surface area contributed by atoms with E-state index in [0.29, 0.717) is 0 Å². The van der Waals surface area contributed by atoms with Gasteiger partial charge in [0, 0.05) is 17.7 Å². The van der Waals surface area contributed by atoms with E-state index in [-0.39, 0.29) is 5.41 Å². The second-order valence-corrected chi connectivity index (χ2v) is 6.67. The van der Waals surface area contributed by atoms with Crippen LogP contribution in [0.3, 0.4) is 0 Å². The predicted octanol–water partition coefficient (Wildman–Crippen LogP) is 4.93. The van der Waals surface area contributed by atoms with Gasteiger partial charge in [0.05, 0.1) is 0 Å². The van der Waals surface area contributed by atoms with Gasteiger partial charge in [-0.25, -0.2) is 0 Å². The molecule has 0 amide bonds. The molecule has 0 saturated carbocycles. The third kappa shape index (κ3) is 3.97. The lowest BCUT2D eigenvalue weighted by Gasteiger charge is -2.36. The van der Waals surface area contributed by atoms with Gasteiger partial charge in [0.15, 0.2) is 0 Å². The molecule has 3 aromatic rings. The maximum absolute atomic E-state index is 4.31. The average molecular weight is 348 g/mol. The second kappa shape index (κ2) is 8.89. The Labute approximate surface area is 156 Å². The minimum Gasteiger partial charge on any atom is -0.316 e. The monoisotopic (exact) mass is 347 g/mol. The molecule has 0 aliphatic heterocycles. The summed E-state index contributed by atoms with van der Waals surface area (Å²) in [6, 6.07) is 32.6. The molecule has 0 saturated heterocycles. The van der Waals surface area contributed by atoms with Crippen molar-refractivity contribution in [1.29, 1.82) is 0 Å². The van der Waals surface area contributed by atoms with Gasteiger partial charge >= 0.3 is 0 Å². The Kier molecular flexibility index (Phi) is 6.32. The summed E-state index contributed by atoms with van der Waals surface area (Å²) in [6.07, 6.45) is 0.999. The molecule has 0 radical (unpaired) electrons. The molecule has 0 spiro atoms. The molecule has 0 fully saturated rings. The van der Waals surface area contributed by atoms with E-state index in [2.05, 4.69) is 109 Å². The fourth-order valence-corrected chi connectivity index (χ4v) is 3.74. The van der Waals surface area contributed by atoms with Crippen LogP contribution in [0.2, 0.25) is 0 Å². The number of nitrogens with one attached hydrogen (secondary N) is 1. The molecule has 128 valence electrons. The van der Waals surface area contributed by atoms with E-state index in [4.69, 9.17) is 0 Å². The number of hydrogen-bond acceptors (Lipinski definition) is 2. The van der Waals surface area contributed by atoms with Crippen molar-refractivity contribution in [3.63, 3.8) is 0 Å². The van der Waals surface area contributed by atoms with E-state index in [1.54, 1.807) is 0 Å². The fraction of sp³-hybridized carbons (Fsp3) is 0.217. The van der Waals surface area contributed by atoms with Gasteiger partial charge in [-0.15, -0.1) is 0 Å². The SMILES string of the molecule is SCCNCCC(c1ccccc1)(c1ccccc1)c1ccccc1. The lowest BCUT2D eigenvalue weighted by molar-refractivity contribution is 0.527. The fourth-order valence-electron chi connectivity index (χ4n) is 3.58. The molecule has 25 heavy (non-hydrogen) atoms. The number of thiol groups is 1. The Hall–Kier alpha value is -2.03. The molecule has 3 rings (SSSR count). The lowest BCUT2D eigenvalue weighted by atomic mass is 9.67. The summed E-state index contributed by atoms with van der Waals surface area (Å²) in [5.41, 5.74) is 3.84. The van der Waals surface area contributed by atoms with E-state index in [1.165, 1.54) is 16.7 Å². The highest BCUT2D eigenvalue weighted by Gasteiger charge is 2.35. The third-order valence-electron chi connectivity index (χ3n) is 4.77. The maximum atomic E-state index is 4.31. The van der Waals surface area contributed by atoms with E-state index in [0.717, 1.165) is 25.3 Å². The van der Waals surface area contributed by atoms with E-state index >= 15 is 0 Å². The molecule has 3 aromatic carbocycles. The third-order valence-corrected chi connectivity index (χ3v) is 4.99. The van der Waals surface area contributed by atoms with Crippen molar-refractivity contribution in [2.75, 3.05) is 18.8 Å². The van der Waals surface area contributed by atoms with Crippen LogP contribution < -0.4 is 5.32 Å². The number of rotatable bonds is 8. The first-order valence-corrected chi connectivity index (χ1v) is 9.49. The van der Waals surface area contributed by atoms with Gasteiger partial charge in [-0.2, -0.15) is 12.6 Å². The molecule has 0 aromatic heterocycles. The van der Waals surface area contributed by atoms with Crippen molar-refractivity contribution < 1.29 is 0 Å². The summed E-state index contributed by atoms with van der Waals surface area (Å²) in [4.78, 5) is 0. The first-order valence-electron chi connectivity index (χ1n) is 8.86. The first-order chi connectivity index (χ1) is 12.4. The van der Waals surface area contributed by atoms with Crippen LogP contribution >= 0.6 is 12.6 Å². The van der Waals surface area contributed by atoms with Crippen LogP contribution in [-0.2, 0) is 5.41 Å². The summed E-state index contributed by atoms with van der Waals surface area (Å²) < 4.78 is 0. The van der Waals surface area contributed by atoms with Gasteiger partial charge in [0.1, 0.15) is 0 Å². The normalized spacial score (nSPS) is 11.4. The van der Waals surface area contributed by atoms with Gasteiger partial charge in [-0.1, -0.05) is 91.0 Å². The summed E-state index contributed by atoms with van der Waals surface area (Å²) in [6.45, 7) is 1.87. The van der Waals surface area contributed by atoms with Crippen molar-refractivity contribution in [3.8, 4) is 0 Å². The van der Waals surface area contributed by atoms with Gasteiger partial charge in [-0.3, -0.25) is 0 Å². The van der Waals surface area contributed by atoms with E-state index in [9.17, 15) is 0 Å². The second-order valence-electron chi connectivity index (χ2n) is 6.23. The van der Waals surface area contributed by atoms with Gasteiger partial charge in [-0.05, 0) is 29.7 Å². The van der Waals surface area contributed by atoms with Crippen molar-refractivity contribution in [2.45, 2.75) is 11.8 Å². The maximum Gasteiger partial charge on any atom is 0.0463 e. The number of benzene rings is 3. The highest BCUT2D eigenvalue weighted by molar-refractivity contribution is 7.80. The summed E-state index contributed by atoms with van der Waals surface area (Å²) in [5.74, 6) is 0.856. The Morgan fingerprint density at radius 1 is 0.600 bits per heavy atom. The smallest absolute Gasteiger partial charge is 0.0463 e. The summed E-state index contributed by atoms with van der Waals surface area (Å²) >= 11 is 4.31. The summed E-state index contributed by atoms with van der Waals surface area (Å²) in [7, 11) is 0. The van der Waals surface area contributed by atoms with Crippen LogP contribution in [0.5, 0.6) is 0 Å².